The molecule has 0 unspecified atom stereocenters. The first-order valence-corrected chi connectivity index (χ1v) is 6.05. The van der Waals surface area contributed by atoms with E-state index in [0.717, 1.165) is 5.56 Å². The molecule has 6 nitrogen and oxygen atoms in total. The summed E-state index contributed by atoms with van der Waals surface area (Å²) >= 11 is 1.39. The first-order valence-electron chi connectivity index (χ1n) is 4.83. The maximum atomic E-state index is 10.9. The number of aromatic nitrogens is 3. The van der Waals surface area contributed by atoms with E-state index >= 15 is 0 Å². The third kappa shape index (κ3) is 2.28. The molecule has 88 valence electrons. The molecule has 0 amide bonds. The minimum atomic E-state index is -0.421. The second-order valence-electron chi connectivity index (χ2n) is 3.43. The Labute approximate surface area is 102 Å². The molecule has 0 aliphatic rings. The van der Waals surface area contributed by atoms with Gasteiger partial charge < -0.3 is 0 Å². The quantitative estimate of drug-likeness (QED) is 0.474. The Balaban J connectivity index is 2.56. The fourth-order valence-corrected chi connectivity index (χ4v) is 1.75. The van der Waals surface area contributed by atoms with Crippen LogP contribution in [-0.2, 0) is 0 Å². The van der Waals surface area contributed by atoms with Crippen molar-refractivity contribution in [2.75, 3.05) is 6.26 Å². The van der Waals surface area contributed by atoms with Crippen LogP contribution in [-0.4, -0.2) is 25.9 Å². The van der Waals surface area contributed by atoms with Gasteiger partial charge in [0.05, 0.1) is 4.92 Å². The van der Waals surface area contributed by atoms with E-state index in [1.807, 2.05) is 13.2 Å². The summed E-state index contributed by atoms with van der Waals surface area (Å²) in [5, 5.41) is 15.7. The van der Waals surface area contributed by atoms with E-state index < -0.39 is 4.92 Å². The van der Waals surface area contributed by atoms with E-state index in [1.165, 1.54) is 28.8 Å². The fourth-order valence-electron chi connectivity index (χ4n) is 1.43. The van der Waals surface area contributed by atoms with E-state index in [1.54, 1.807) is 12.1 Å². The summed E-state index contributed by atoms with van der Waals surface area (Å²) in [6, 6.07) is 4.90. The number of thioether (sulfide) groups is 1. The van der Waals surface area contributed by atoms with Crippen LogP contribution < -0.4 is 0 Å². The van der Waals surface area contributed by atoms with Crippen molar-refractivity contribution in [2.24, 2.45) is 0 Å². The molecule has 1 aromatic carbocycles. The molecule has 7 heteroatoms. The summed E-state index contributed by atoms with van der Waals surface area (Å²) in [4.78, 5) is 14.5. The lowest BCUT2D eigenvalue weighted by Gasteiger charge is -2.03. The molecule has 17 heavy (non-hydrogen) atoms. The molecule has 0 N–H and O–H groups in total. The molecule has 0 aliphatic carbocycles. The molecule has 0 spiro atoms. The summed E-state index contributed by atoms with van der Waals surface area (Å²) in [5.74, 6) is 0. The Bertz CT molecular complexity index is 567. The molecule has 0 radical (unpaired) electrons. The minimum absolute atomic E-state index is 0.0214. The molecule has 0 saturated carbocycles. The van der Waals surface area contributed by atoms with Gasteiger partial charge >= 0.3 is 0 Å². The second-order valence-corrected chi connectivity index (χ2v) is 4.20. The molecule has 0 saturated heterocycles. The van der Waals surface area contributed by atoms with Crippen molar-refractivity contribution in [1.29, 1.82) is 0 Å². The summed E-state index contributed by atoms with van der Waals surface area (Å²) in [6.07, 6.45) is 3.33. The summed E-state index contributed by atoms with van der Waals surface area (Å²) < 4.78 is 1.43. The van der Waals surface area contributed by atoms with Crippen molar-refractivity contribution in [3.63, 3.8) is 0 Å². The van der Waals surface area contributed by atoms with Crippen LogP contribution in [0, 0.1) is 17.0 Å². The Morgan fingerprint density at radius 1 is 1.47 bits per heavy atom. The van der Waals surface area contributed by atoms with Gasteiger partial charge in [-0.15, -0.1) is 5.10 Å². The van der Waals surface area contributed by atoms with Gasteiger partial charge in [-0.25, -0.2) is 9.67 Å². The van der Waals surface area contributed by atoms with Crippen LogP contribution in [0.15, 0.2) is 29.7 Å². The standard InChI is InChI=1S/C10H10N4O2S/c1-7-3-4-8(14(15)16)9(5-7)13-6-11-10(12-13)17-2/h3-6H,1-2H3. The largest absolute Gasteiger partial charge is 0.294 e. The average Bonchev–Trinajstić information content (AvgIpc) is 2.76. The number of hydrogen-bond donors (Lipinski definition) is 0. The maximum absolute atomic E-state index is 10.9. The van der Waals surface area contributed by atoms with Crippen LogP contribution >= 0.6 is 11.8 Å². The number of hydrogen-bond acceptors (Lipinski definition) is 5. The van der Waals surface area contributed by atoms with Gasteiger partial charge in [0, 0.05) is 6.07 Å². The molecule has 1 heterocycles. The summed E-state index contributed by atoms with van der Waals surface area (Å²) in [7, 11) is 0. The molecule has 0 fully saturated rings. The summed E-state index contributed by atoms with van der Waals surface area (Å²) in [5.41, 5.74) is 1.39. The van der Waals surface area contributed by atoms with Crippen molar-refractivity contribution in [3.8, 4) is 5.69 Å². The molecular weight excluding hydrogens is 240 g/mol. The van der Waals surface area contributed by atoms with Gasteiger partial charge in [-0.1, -0.05) is 17.8 Å². The number of nitro benzene ring substituents is 1. The van der Waals surface area contributed by atoms with Crippen LogP contribution in [0.4, 0.5) is 5.69 Å². The zero-order valence-electron chi connectivity index (χ0n) is 9.32. The first kappa shape index (κ1) is 11.6. The smallest absolute Gasteiger partial charge is 0.258 e. The van der Waals surface area contributed by atoms with E-state index in [2.05, 4.69) is 10.1 Å². The Morgan fingerprint density at radius 2 is 2.24 bits per heavy atom. The predicted molar refractivity (Wildman–Crippen MR) is 64.5 cm³/mol. The highest BCUT2D eigenvalue weighted by Gasteiger charge is 2.16. The highest BCUT2D eigenvalue weighted by Crippen LogP contribution is 2.23. The second kappa shape index (κ2) is 4.54. The van der Waals surface area contributed by atoms with Gasteiger partial charge in [0.1, 0.15) is 12.0 Å². The summed E-state index contributed by atoms with van der Waals surface area (Å²) in [6.45, 7) is 1.87. The number of aryl methyl sites for hydroxylation is 1. The van der Waals surface area contributed by atoms with E-state index in [9.17, 15) is 10.1 Å². The highest BCUT2D eigenvalue weighted by molar-refractivity contribution is 7.98. The topological polar surface area (TPSA) is 73.8 Å². The lowest BCUT2D eigenvalue weighted by molar-refractivity contribution is -0.384. The fraction of sp³-hybridized carbons (Fsp3) is 0.200. The lowest BCUT2D eigenvalue weighted by atomic mass is 10.2. The van der Waals surface area contributed by atoms with Crippen molar-refractivity contribution >= 4 is 17.4 Å². The van der Waals surface area contributed by atoms with Gasteiger partial charge in [-0.05, 0) is 24.8 Å². The number of benzene rings is 1. The van der Waals surface area contributed by atoms with E-state index in [4.69, 9.17) is 0 Å². The number of rotatable bonds is 3. The molecule has 2 rings (SSSR count). The predicted octanol–water partition coefficient (Wildman–Crippen LogP) is 2.21. The van der Waals surface area contributed by atoms with Gasteiger partial charge in [0.15, 0.2) is 0 Å². The molecule has 0 aliphatic heterocycles. The molecule has 0 atom stereocenters. The van der Waals surface area contributed by atoms with Crippen LogP contribution in [0.1, 0.15) is 5.56 Å². The SMILES string of the molecule is CSc1ncn(-c2cc(C)ccc2[N+](=O)[O-])n1. The van der Waals surface area contributed by atoms with Gasteiger partial charge in [-0.2, -0.15) is 0 Å². The monoisotopic (exact) mass is 250 g/mol. The van der Waals surface area contributed by atoms with Crippen LogP contribution in [0.5, 0.6) is 0 Å². The number of nitrogens with zero attached hydrogens (tertiary/aromatic N) is 4. The third-order valence-electron chi connectivity index (χ3n) is 2.23. The van der Waals surface area contributed by atoms with Crippen molar-refractivity contribution in [1.82, 2.24) is 14.8 Å². The maximum Gasteiger partial charge on any atom is 0.294 e. The molecule has 0 bridgehead atoms. The van der Waals surface area contributed by atoms with Crippen molar-refractivity contribution in [2.45, 2.75) is 12.1 Å². The first-order chi connectivity index (χ1) is 8.11. The van der Waals surface area contributed by atoms with E-state index in [0.29, 0.717) is 10.8 Å². The Kier molecular flexibility index (Phi) is 3.10. The van der Waals surface area contributed by atoms with Gasteiger partial charge in [0.2, 0.25) is 5.16 Å². The van der Waals surface area contributed by atoms with Crippen LogP contribution in [0.2, 0.25) is 0 Å². The third-order valence-corrected chi connectivity index (χ3v) is 2.78. The van der Waals surface area contributed by atoms with Crippen LogP contribution in [0.25, 0.3) is 5.69 Å². The van der Waals surface area contributed by atoms with Gasteiger partial charge in [0.25, 0.3) is 5.69 Å². The van der Waals surface area contributed by atoms with E-state index in [-0.39, 0.29) is 5.69 Å². The number of nitro groups is 1. The molecule has 2 aromatic rings. The Morgan fingerprint density at radius 3 is 2.82 bits per heavy atom. The normalized spacial score (nSPS) is 10.5. The van der Waals surface area contributed by atoms with Crippen molar-refractivity contribution < 1.29 is 4.92 Å². The molecular formula is C10H10N4O2S. The van der Waals surface area contributed by atoms with Crippen LogP contribution in [0.3, 0.4) is 0 Å². The average molecular weight is 250 g/mol. The van der Waals surface area contributed by atoms with Gasteiger partial charge in [-0.3, -0.25) is 10.1 Å². The minimum Gasteiger partial charge on any atom is -0.258 e. The molecule has 1 aromatic heterocycles. The zero-order valence-corrected chi connectivity index (χ0v) is 10.1. The van der Waals surface area contributed by atoms with Crippen molar-refractivity contribution in [3.05, 3.63) is 40.2 Å². The zero-order chi connectivity index (χ0) is 12.4. The highest BCUT2D eigenvalue weighted by atomic mass is 32.2. The Hall–Kier alpha value is -1.89. The lowest BCUT2D eigenvalue weighted by Crippen LogP contribution is -2.01.